The van der Waals surface area contributed by atoms with Crippen LogP contribution in [-0.2, 0) is 32.0 Å². The van der Waals surface area contributed by atoms with Crippen LogP contribution in [0.15, 0.2) is 30.3 Å². The Morgan fingerprint density at radius 2 is 2.12 bits per heavy atom. The van der Waals surface area contributed by atoms with Crippen LogP contribution in [0.5, 0.6) is 0 Å². The summed E-state index contributed by atoms with van der Waals surface area (Å²) in [7, 11) is 0. The molecule has 3 heterocycles. The highest BCUT2D eigenvalue weighted by Gasteiger charge is 2.34. The largest absolute Gasteiger partial charge is 0.447 e. The smallest absolute Gasteiger partial charge is 0.410 e. The van der Waals surface area contributed by atoms with Crippen LogP contribution in [0, 0.1) is 11.3 Å². The van der Waals surface area contributed by atoms with Crippen LogP contribution in [0.3, 0.4) is 0 Å². The van der Waals surface area contributed by atoms with Crippen molar-refractivity contribution in [1.29, 1.82) is 5.26 Å². The third-order valence-electron chi connectivity index (χ3n) is 6.00. The Morgan fingerprint density at radius 3 is 2.79 bits per heavy atom. The molecule has 2 aliphatic rings. The van der Waals surface area contributed by atoms with E-state index in [1.807, 2.05) is 51.1 Å². The lowest BCUT2D eigenvalue weighted by atomic mass is 9.97. The van der Waals surface area contributed by atoms with E-state index < -0.39 is 11.9 Å². The quantitative estimate of drug-likeness (QED) is 0.654. The van der Waals surface area contributed by atoms with E-state index in [4.69, 9.17) is 14.2 Å². The summed E-state index contributed by atoms with van der Waals surface area (Å²) in [5.41, 5.74) is 2.49. The van der Waals surface area contributed by atoms with E-state index in [0.29, 0.717) is 43.1 Å². The molecule has 1 aromatic heterocycles. The summed E-state index contributed by atoms with van der Waals surface area (Å²) in [6.07, 6.45) is 0.148. The van der Waals surface area contributed by atoms with Crippen LogP contribution < -0.4 is 5.32 Å². The zero-order valence-electron chi connectivity index (χ0n) is 19.6. The van der Waals surface area contributed by atoms with Crippen molar-refractivity contribution in [2.45, 2.75) is 58.0 Å². The Kier molecular flexibility index (Phi) is 7.22. The van der Waals surface area contributed by atoms with Crippen LogP contribution in [0.2, 0.25) is 0 Å². The van der Waals surface area contributed by atoms with Gasteiger partial charge in [0.05, 0.1) is 18.7 Å². The number of hydrogen-bond donors (Lipinski definition) is 1. The first-order valence-electron chi connectivity index (χ1n) is 11.4. The molecule has 2 unspecified atom stereocenters. The van der Waals surface area contributed by atoms with E-state index in [1.165, 1.54) is 11.3 Å². The molecule has 1 aromatic carbocycles. The Morgan fingerprint density at radius 1 is 1.35 bits per heavy atom. The van der Waals surface area contributed by atoms with Gasteiger partial charge in [-0.15, -0.1) is 11.3 Å². The monoisotopic (exact) mass is 483 g/mol. The number of hydrogen-bond acceptors (Lipinski definition) is 7. The summed E-state index contributed by atoms with van der Waals surface area (Å²) in [4.78, 5) is 27.8. The molecule has 2 aromatic rings. The lowest BCUT2D eigenvalue weighted by Crippen LogP contribution is -2.37. The first kappa shape index (κ1) is 24.2. The van der Waals surface area contributed by atoms with Crippen LogP contribution in [0.1, 0.15) is 54.7 Å². The highest BCUT2D eigenvalue weighted by molar-refractivity contribution is 7.16. The number of carbonyl (C=O) groups is 2. The first-order chi connectivity index (χ1) is 16.3. The van der Waals surface area contributed by atoms with Crippen molar-refractivity contribution in [3.8, 4) is 6.07 Å². The lowest BCUT2D eigenvalue weighted by molar-refractivity contribution is -0.143. The molecule has 0 radical (unpaired) electrons. The SMILES string of the molecule is CC(CC(=O)Nc1sc2c(c1C#N)CCN(C(=O)OCC1COC(C)(C)O1)C2)c1ccccc1. The summed E-state index contributed by atoms with van der Waals surface area (Å²) >= 11 is 1.35. The normalized spacial score (nSPS) is 19.7. The molecular weight excluding hydrogens is 454 g/mol. The molecule has 1 fully saturated rings. The van der Waals surface area contributed by atoms with Crippen LogP contribution in [-0.4, -0.2) is 48.5 Å². The number of fused-ring (bicyclic) bond motifs is 1. The number of ether oxygens (including phenoxy) is 3. The van der Waals surface area contributed by atoms with Crippen LogP contribution >= 0.6 is 11.3 Å². The van der Waals surface area contributed by atoms with Crippen LogP contribution in [0.25, 0.3) is 0 Å². The molecule has 0 bridgehead atoms. The summed E-state index contributed by atoms with van der Waals surface area (Å²) in [6.45, 7) is 6.95. The fourth-order valence-electron chi connectivity index (χ4n) is 4.22. The second-order valence-electron chi connectivity index (χ2n) is 9.08. The van der Waals surface area contributed by atoms with Gasteiger partial charge in [0.1, 0.15) is 23.8 Å². The fourth-order valence-corrected chi connectivity index (χ4v) is 5.45. The predicted octanol–water partition coefficient (Wildman–Crippen LogP) is 4.40. The first-order valence-corrected chi connectivity index (χ1v) is 12.2. The van der Waals surface area contributed by atoms with Crippen molar-refractivity contribution in [3.05, 3.63) is 51.9 Å². The molecule has 2 aliphatic heterocycles. The third-order valence-corrected chi connectivity index (χ3v) is 7.13. The molecule has 180 valence electrons. The van der Waals surface area contributed by atoms with E-state index >= 15 is 0 Å². The number of anilines is 1. The van der Waals surface area contributed by atoms with Crippen LogP contribution in [0.4, 0.5) is 9.80 Å². The highest BCUT2D eigenvalue weighted by Crippen LogP contribution is 2.37. The zero-order chi connectivity index (χ0) is 24.3. The molecule has 0 spiro atoms. The van der Waals surface area contributed by atoms with E-state index in [2.05, 4.69) is 11.4 Å². The van der Waals surface area contributed by atoms with E-state index in [1.54, 1.807) is 4.90 Å². The molecule has 1 saturated heterocycles. The maximum absolute atomic E-state index is 12.7. The number of nitriles is 1. The topological polar surface area (TPSA) is 101 Å². The van der Waals surface area contributed by atoms with E-state index in [9.17, 15) is 14.9 Å². The minimum Gasteiger partial charge on any atom is -0.447 e. The second-order valence-corrected chi connectivity index (χ2v) is 10.2. The number of rotatable bonds is 6. The van der Waals surface area contributed by atoms with Crippen molar-refractivity contribution in [2.24, 2.45) is 0 Å². The summed E-state index contributed by atoms with van der Waals surface area (Å²) < 4.78 is 16.6. The number of thiophene rings is 1. The predicted molar refractivity (Wildman–Crippen MR) is 128 cm³/mol. The number of amides is 2. The van der Waals surface area contributed by atoms with Gasteiger partial charge in [0, 0.05) is 17.8 Å². The van der Waals surface area contributed by atoms with Gasteiger partial charge in [0.25, 0.3) is 0 Å². The number of nitrogens with one attached hydrogen (secondary N) is 1. The molecule has 0 aliphatic carbocycles. The molecule has 2 amide bonds. The Hall–Kier alpha value is -2.93. The molecule has 2 atom stereocenters. The molecule has 1 N–H and O–H groups in total. The van der Waals surface area contributed by atoms with Gasteiger partial charge >= 0.3 is 6.09 Å². The Bertz CT molecular complexity index is 1090. The summed E-state index contributed by atoms with van der Waals surface area (Å²) in [5, 5.41) is 13.2. The van der Waals surface area contributed by atoms with Crippen molar-refractivity contribution < 1.29 is 23.8 Å². The maximum atomic E-state index is 12.7. The summed E-state index contributed by atoms with van der Waals surface area (Å²) in [5.74, 6) is -0.738. The molecule has 9 heteroatoms. The van der Waals surface area contributed by atoms with Crippen molar-refractivity contribution in [3.63, 3.8) is 0 Å². The number of carbonyl (C=O) groups excluding carboxylic acids is 2. The van der Waals surface area contributed by atoms with Gasteiger partial charge < -0.3 is 24.4 Å². The standard InChI is InChI=1S/C25H29N3O5S/c1-16(17-7-5-4-6-8-17)11-22(29)27-23-20(12-26)19-9-10-28(13-21(19)34-23)24(30)31-14-18-15-32-25(2,3)33-18/h4-8,16,18H,9-11,13-15H2,1-3H3,(H,27,29). The summed E-state index contributed by atoms with van der Waals surface area (Å²) in [6, 6.07) is 12.1. The minimum atomic E-state index is -0.665. The molecular formula is C25H29N3O5S. The Labute approximate surface area is 203 Å². The minimum absolute atomic E-state index is 0.0615. The van der Waals surface area contributed by atoms with Crippen molar-refractivity contribution >= 4 is 28.3 Å². The fraction of sp³-hybridized carbons (Fsp3) is 0.480. The van der Waals surface area contributed by atoms with Gasteiger partial charge in [-0.1, -0.05) is 37.3 Å². The number of benzene rings is 1. The molecule has 34 heavy (non-hydrogen) atoms. The Balaban J connectivity index is 1.35. The van der Waals surface area contributed by atoms with Gasteiger partial charge in [-0.2, -0.15) is 5.26 Å². The maximum Gasteiger partial charge on any atom is 0.410 e. The second kappa shape index (κ2) is 10.1. The lowest BCUT2D eigenvalue weighted by Gasteiger charge is -2.26. The number of nitrogens with zero attached hydrogens (tertiary/aromatic N) is 2. The van der Waals surface area contributed by atoms with E-state index in [0.717, 1.165) is 16.0 Å². The third kappa shape index (κ3) is 5.58. The average molecular weight is 484 g/mol. The van der Waals surface area contributed by atoms with Crippen molar-refractivity contribution in [1.82, 2.24) is 4.90 Å². The zero-order valence-corrected chi connectivity index (χ0v) is 20.4. The van der Waals surface area contributed by atoms with Gasteiger partial charge in [-0.3, -0.25) is 4.79 Å². The van der Waals surface area contributed by atoms with Gasteiger partial charge in [-0.05, 0) is 37.3 Å². The molecule has 0 saturated carbocycles. The van der Waals surface area contributed by atoms with Gasteiger partial charge in [0.15, 0.2) is 5.79 Å². The molecule has 8 nitrogen and oxygen atoms in total. The van der Waals surface area contributed by atoms with Gasteiger partial charge in [0.2, 0.25) is 5.91 Å². The highest BCUT2D eigenvalue weighted by atomic mass is 32.1. The molecule has 4 rings (SSSR count). The van der Waals surface area contributed by atoms with Gasteiger partial charge in [-0.25, -0.2) is 4.79 Å². The van der Waals surface area contributed by atoms with E-state index in [-0.39, 0.29) is 24.5 Å². The average Bonchev–Trinajstić information content (AvgIpc) is 3.35. The van der Waals surface area contributed by atoms with Crippen molar-refractivity contribution in [2.75, 3.05) is 25.1 Å².